The standard InChI is InChI=1S/C21H26FN3O/c1-12-9-16(10-13(2)14(12)3)17-7-8-23-11-20(17)25-21(26)19-6-5-18(22)15(4)24-19/h5-8,11-14,16H,9-10H2,1-4H3,(H,25,26). The molecular formula is C21H26FN3O. The number of hydrogen-bond acceptors (Lipinski definition) is 3. The lowest BCUT2D eigenvalue weighted by atomic mass is 9.68. The minimum atomic E-state index is -0.414. The number of aryl methyl sites for hydroxylation is 1. The van der Waals surface area contributed by atoms with Crippen LogP contribution in [0.1, 0.15) is 61.3 Å². The van der Waals surface area contributed by atoms with Gasteiger partial charge in [0, 0.05) is 6.20 Å². The Hall–Kier alpha value is -2.30. The zero-order valence-electron chi connectivity index (χ0n) is 15.8. The van der Waals surface area contributed by atoms with E-state index in [4.69, 9.17) is 0 Å². The van der Waals surface area contributed by atoms with E-state index in [-0.39, 0.29) is 17.3 Å². The van der Waals surface area contributed by atoms with E-state index in [2.05, 4.69) is 36.1 Å². The molecule has 2 aromatic rings. The van der Waals surface area contributed by atoms with Gasteiger partial charge in [0.15, 0.2) is 0 Å². The summed E-state index contributed by atoms with van der Waals surface area (Å²) < 4.78 is 13.4. The molecule has 1 fully saturated rings. The Morgan fingerprint density at radius 3 is 2.50 bits per heavy atom. The molecule has 2 aromatic heterocycles. The average Bonchev–Trinajstić information content (AvgIpc) is 2.62. The van der Waals surface area contributed by atoms with Crippen molar-refractivity contribution in [3.63, 3.8) is 0 Å². The van der Waals surface area contributed by atoms with E-state index < -0.39 is 5.82 Å². The van der Waals surface area contributed by atoms with E-state index in [0.717, 1.165) is 24.1 Å². The third-order valence-corrected chi connectivity index (χ3v) is 5.90. The highest BCUT2D eigenvalue weighted by Gasteiger charge is 2.32. The summed E-state index contributed by atoms with van der Waals surface area (Å²) in [5.41, 5.74) is 2.27. The molecule has 1 aliphatic carbocycles. The fraction of sp³-hybridized carbons (Fsp3) is 0.476. The lowest BCUT2D eigenvalue weighted by molar-refractivity contribution is 0.102. The van der Waals surface area contributed by atoms with Crippen LogP contribution in [0.4, 0.5) is 10.1 Å². The number of carbonyl (C=O) groups excluding carboxylic acids is 1. The fourth-order valence-electron chi connectivity index (χ4n) is 3.96. The van der Waals surface area contributed by atoms with Crippen LogP contribution in [0.25, 0.3) is 0 Å². The van der Waals surface area contributed by atoms with E-state index in [9.17, 15) is 9.18 Å². The summed E-state index contributed by atoms with van der Waals surface area (Å²) in [6.45, 7) is 8.48. The number of hydrogen-bond donors (Lipinski definition) is 1. The number of anilines is 1. The SMILES string of the molecule is Cc1nc(C(=O)Nc2cnccc2C2CC(C)C(C)C(C)C2)ccc1F. The smallest absolute Gasteiger partial charge is 0.274 e. The molecule has 26 heavy (non-hydrogen) atoms. The molecule has 0 saturated heterocycles. The third kappa shape index (κ3) is 3.76. The predicted octanol–water partition coefficient (Wildman–Crippen LogP) is 4.96. The van der Waals surface area contributed by atoms with Crippen molar-refractivity contribution >= 4 is 11.6 Å². The lowest BCUT2D eigenvalue weighted by Crippen LogP contribution is -2.27. The maximum absolute atomic E-state index is 13.4. The maximum Gasteiger partial charge on any atom is 0.274 e. The molecule has 138 valence electrons. The molecule has 3 rings (SSSR count). The van der Waals surface area contributed by atoms with E-state index in [0.29, 0.717) is 23.7 Å². The van der Waals surface area contributed by atoms with Crippen molar-refractivity contribution in [1.29, 1.82) is 0 Å². The van der Waals surface area contributed by atoms with Gasteiger partial charge in [-0.15, -0.1) is 0 Å². The minimum absolute atomic E-state index is 0.206. The summed E-state index contributed by atoms with van der Waals surface area (Å²) in [4.78, 5) is 20.8. The number of amides is 1. The molecule has 5 heteroatoms. The van der Waals surface area contributed by atoms with E-state index in [1.165, 1.54) is 12.1 Å². The van der Waals surface area contributed by atoms with Gasteiger partial charge in [0.05, 0.1) is 17.6 Å². The van der Waals surface area contributed by atoms with Gasteiger partial charge in [-0.1, -0.05) is 20.8 Å². The van der Waals surface area contributed by atoms with Crippen LogP contribution in [0.2, 0.25) is 0 Å². The van der Waals surface area contributed by atoms with E-state index in [1.807, 2.05) is 6.07 Å². The molecule has 0 aliphatic heterocycles. The molecule has 0 radical (unpaired) electrons. The number of rotatable bonds is 3. The van der Waals surface area contributed by atoms with E-state index >= 15 is 0 Å². The number of pyridine rings is 2. The predicted molar refractivity (Wildman–Crippen MR) is 101 cm³/mol. The summed E-state index contributed by atoms with van der Waals surface area (Å²) in [6.07, 6.45) is 5.67. The first-order valence-electron chi connectivity index (χ1n) is 9.25. The molecular weight excluding hydrogens is 329 g/mol. The quantitative estimate of drug-likeness (QED) is 0.846. The number of nitrogens with one attached hydrogen (secondary N) is 1. The van der Waals surface area contributed by atoms with Gasteiger partial charge in [-0.25, -0.2) is 9.37 Å². The number of aromatic nitrogens is 2. The minimum Gasteiger partial charge on any atom is -0.319 e. The molecule has 1 saturated carbocycles. The number of halogens is 1. The molecule has 1 aliphatic rings. The Bertz CT molecular complexity index is 796. The van der Waals surface area contributed by atoms with Crippen molar-refractivity contribution in [3.05, 3.63) is 53.4 Å². The van der Waals surface area contributed by atoms with E-state index in [1.54, 1.807) is 19.3 Å². The Kier molecular flexibility index (Phi) is 5.35. The Balaban J connectivity index is 1.83. The van der Waals surface area contributed by atoms with Crippen LogP contribution in [0.3, 0.4) is 0 Å². The molecule has 0 aromatic carbocycles. The summed E-state index contributed by atoms with van der Waals surface area (Å²) >= 11 is 0. The molecule has 1 amide bonds. The Labute approximate surface area is 154 Å². The second-order valence-corrected chi connectivity index (χ2v) is 7.66. The highest BCUT2D eigenvalue weighted by Crippen LogP contribution is 2.44. The molecule has 1 N–H and O–H groups in total. The number of carbonyl (C=O) groups is 1. The van der Waals surface area contributed by atoms with Crippen LogP contribution < -0.4 is 5.32 Å². The van der Waals surface area contributed by atoms with Gasteiger partial charge in [0.2, 0.25) is 0 Å². The van der Waals surface area contributed by atoms with Gasteiger partial charge >= 0.3 is 0 Å². The van der Waals surface area contributed by atoms with Gasteiger partial charge in [-0.3, -0.25) is 9.78 Å². The van der Waals surface area contributed by atoms with Crippen molar-refractivity contribution in [2.24, 2.45) is 17.8 Å². The fourth-order valence-corrected chi connectivity index (χ4v) is 3.96. The van der Waals surface area contributed by atoms with Crippen molar-refractivity contribution < 1.29 is 9.18 Å². The van der Waals surface area contributed by atoms with Gasteiger partial charge < -0.3 is 5.32 Å². The first kappa shape index (κ1) is 18.5. The molecule has 2 unspecified atom stereocenters. The largest absolute Gasteiger partial charge is 0.319 e. The van der Waals surface area contributed by atoms with Crippen LogP contribution in [0.5, 0.6) is 0 Å². The van der Waals surface area contributed by atoms with Crippen LogP contribution >= 0.6 is 0 Å². The van der Waals surface area contributed by atoms with Crippen LogP contribution in [-0.2, 0) is 0 Å². The van der Waals surface area contributed by atoms with Crippen LogP contribution in [0.15, 0.2) is 30.6 Å². The second kappa shape index (κ2) is 7.52. The summed E-state index contributed by atoms with van der Waals surface area (Å²) in [5, 5.41) is 2.93. The Morgan fingerprint density at radius 1 is 1.15 bits per heavy atom. The van der Waals surface area contributed by atoms with Gasteiger partial charge in [0.1, 0.15) is 11.5 Å². The zero-order chi connectivity index (χ0) is 18.8. The van der Waals surface area contributed by atoms with Crippen molar-refractivity contribution in [2.75, 3.05) is 5.32 Å². The molecule has 0 bridgehead atoms. The topological polar surface area (TPSA) is 54.9 Å². The van der Waals surface area contributed by atoms with Crippen LogP contribution in [-0.4, -0.2) is 15.9 Å². The van der Waals surface area contributed by atoms with Crippen molar-refractivity contribution in [2.45, 2.75) is 46.5 Å². The van der Waals surface area contributed by atoms with Crippen molar-refractivity contribution in [1.82, 2.24) is 9.97 Å². The monoisotopic (exact) mass is 355 g/mol. The average molecular weight is 355 g/mol. The molecule has 2 heterocycles. The number of nitrogens with zero attached hydrogens (tertiary/aromatic N) is 2. The van der Waals surface area contributed by atoms with Gasteiger partial charge in [-0.05, 0) is 67.2 Å². The zero-order valence-corrected chi connectivity index (χ0v) is 15.8. The van der Waals surface area contributed by atoms with Gasteiger partial charge in [-0.2, -0.15) is 0 Å². The summed E-state index contributed by atoms with van der Waals surface area (Å²) in [6, 6.07) is 4.67. The molecule has 0 spiro atoms. The molecule has 4 nitrogen and oxygen atoms in total. The third-order valence-electron chi connectivity index (χ3n) is 5.90. The first-order valence-corrected chi connectivity index (χ1v) is 9.25. The van der Waals surface area contributed by atoms with Gasteiger partial charge in [0.25, 0.3) is 5.91 Å². The highest BCUT2D eigenvalue weighted by atomic mass is 19.1. The van der Waals surface area contributed by atoms with Crippen molar-refractivity contribution in [3.8, 4) is 0 Å². The lowest BCUT2D eigenvalue weighted by Gasteiger charge is -2.38. The van der Waals surface area contributed by atoms with Crippen LogP contribution in [0, 0.1) is 30.5 Å². The second-order valence-electron chi connectivity index (χ2n) is 7.66. The normalized spacial score (nSPS) is 25.7. The highest BCUT2D eigenvalue weighted by molar-refractivity contribution is 6.03. The maximum atomic E-state index is 13.4. The first-order chi connectivity index (χ1) is 12.4. The molecule has 2 atom stereocenters. The Morgan fingerprint density at radius 2 is 1.85 bits per heavy atom. The summed E-state index contributed by atoms with van der Waals surface area (Å²) in [5.74, 6) is 1.63. The summed E-state index contributed by atoms with van der Waals surface area (Å²) in [7, 11) is 0.